The topological polar surface area (TPSA) is 85.9 Å². The summed E-state index contributed by atoms with van der Waals surface area (Å²) in [5.74, 6) is -0.129. The summed E-state index contributed by atoms with van der Waals surface area (Å²) in [7, 11) is -3.50. The van der Waals surface area contributed by atoms with Crippen LogP contribution in [0.2, 0.25) is 0 Å². The lowest BCUT2D eigenvalue weighted by Crippen LogP contribution is -2.48. The van der Waals surface area contributed by atoms with Crippen molar-refractivity contribution in [3.63, 3.8) is 0 Å². The van der Waals surface area contributed by atoms with Crippen LogP contribution in [0.25, 0.3) is 10.2 Å². The van der Waals surface area contributed by atoms with Gasteiger partial charge in [0.25, 0.3) is 0 Å². The summed E-state index contributed by atoms with van der Waals surface area (Å²) < 4.78 is 28.3. The minimum atomic E-state index is -3.50. The van der Waals surface area contributed by atoms with Crippen LogP contribution in [0.15, 0.2) is 53.4 Å². The van der Waals surface area contributed by atoms with E-state index in [4.69, 9.17) is 4.98 Å². The van der Waals surface area contributed by atoms with Gasteiger partial charge >= 0.3 is 0 Å². The van der Waals surface area contributed by atoms with Crippen LogP contribution in [0.4, 0.5) is 5.69 Å². The van der Waals surface area contributed by atoms with Crippen LogP contribution in [0.5, 0.6) is 0 Å². The van der Waals surface area contributed by atoms with Gasteiger partial charge in [0.15, 0.2) is 0 Å². The number of benzene rings is 2. The number of para-hydroxylation sites is 1. The van der Waals surface area contributed by atoms with Crippen molar-refractivity contribution >= 4 is 43.2 Å². The minimum Gasteiger partial charge on any atom is -0.325 e. The van der Waals surface area contributed by atoms with Gasteiger partial charge in [0.05, 0.1) is 28.2 Å². The van der Waals surface area contributed by atoms with E-state index in [1.807, 2.05) is 18.2 Å². The third kappa shape index (κ3) is 5.31. The number of anilines is 1. The Kier molecular flexibility index (Phi) is 6.94. The summed E-state index contributed by atoms with van der Waals surface area (Å²) in [6.45, 7) is 5.62. The first-order chi connectivity index (χ1) is 16.5. The van der Waals surface area contributed by atoms with Crippen LogP contribution in [0.1, 0.15) is 17.8 Å². The highest BCUT2D eigenvalue weighted by molar-refractivity contribution is 7.89. The zero-order valence-electron chi connectivity index (χ0n) is 19.0. The first-order valence-corrected chi connectivity index (χ1v) is 13.9. The number of fused-ring (bicyclic) bond motifs is 1. The maximum atomic E-state index is 12.8. The largest absolute Gasteiger partial charge is 0.325 e. The Morgan fingerprint density at radius 3 is 2.44 bits per heavy atom. The van der Waals surface area contributed by atoms with Gasteiger partial charge in [-0.2, -0.15) is 4.31 Å². The lowest BCUT2D eigenvalue weighted by Gasteiger charge is -2.33. The number of thiazole rings is 1. The number of nitrogens with zero attached hydrogens (tertiary/aromatic N) is 4. The average Bonchev–Trinajstić information content (AvgIpc) is 3.51. The maximum absolute atomic E-state index is 12.8. The van der Waals surface area contributed by atoms with Crippen LogP contribution >= 0.6 is 11.3 Å². The molecule has 0 aliphatic carbocycles. The summed E-state index contributed by atoms with van der Waals surface area (Å²) in [5, 5.41) is 3.99. The standard InChI is InChI=1S/C24H29N5O3S2/c30-23(25-19-6-5-7-20(16-19)34(31,32)29-10-3-4-11-29)17-27-12-14-28(15-13-27)18-24-26-21-8-1-2-9-22(21)33-24/h1-2,5-9,16H,3-4,10-15,17-18H2,(H,25,30). The first-order valence-electron chi connectivity index (χ1n) is 11.7. The minimum absolute atomic E-state index is 0.129. The van der Waals surface area contributed by atoms with Crippen molar-refractivity contribution in [1.82, 2.24) is 19.1 Å². The second kappa shape index (κ2) is 10.1. The third-order valence-corrected chi connectivity index (χ3v) is 9.27. The Bertz CT molecular complexity index is 1230. The average molecular weight is 500 g/mol. The highest BCUT2D eigenvalue weighted by Crippen LogP contribution is 2.24. The Hall–Kier alpha value is -2.37. The maximum Gasteiger partial charge on any atom is 0.243 e. The van der Waals surface area contributed by atoms with Crippen LogP contribution in [0.3, 0.4) is 0 Å². The lowest BCUT2D eigenvalue weighted by atomic mass is 10.3. The van der Waals surface area contributed by atoms with E-state index in [1.165, 1.54) is 9.01 Å². The summed E-state index contributed by atoms with van der Waals surface area (Å²) in [5.41, 5.74) is 1.56. The number of aromatic nitrogens is 1. The third-order valence-electron chi connectivity index (χ3n) is 6.35. The van der Waals surface area contributed by atoms with Gasteiger partial charge in [-0.1, -0.05) is 18.2 Å². The van der Waals surface area contributed by atoms with Crippen molar-refractivity contribution in [3.05, 3.63) is 53.5 Å². The van der Waals surface area contributed by atoms with Crippen LogP contribution in [-0.4, -0.2) is 79.2 Å². The molecule has 2 aliphatic rings. The number of sulfonamides is 1. The van der Waals surface area contributed by atoms with Gasteiger partial charge in [-0.3, -0.25) is 14.6 Å². The van der Waals surface area contributed by atoms with Gasteiger partial charge < -0.3 is 5.32 Å². The first kappa shape index (κ1) is 23.4. The normalized spacial score (nSPS) is 18.5. The molecule has 0 spiro atoms. The molecule has 5 rings (SSSR count). The number of hydrogen-bond donors (Lipinski definition) is 1. The quantitative estimate of drug-likeness (QED) is 0.538. The molecule has 180 valence electrons. The molecule has 10 heteroatoms. The van der Waals surface area contributed by atoms with Crippen molar-refractivity contribution < 1.29 is 13.2 Å². The van der Waals surface area contributed by atoms with Crippen molar-refractivity contribution in [1.29, 1.82) is 0 Å². The van der Waals surface area contributed by atoms with Gasteiger partial charge in [0.1, 0.15) is 5.01 Å². The van der Waals surface area contributed by atoms with E-state index >= 15 is 0 Å². The molecule has 2 aromatic carbocycles. The number of nitrogens with one attached hydrogen (secondary N) is 1. The Balaban J connectivity index is 1.12. The van der Waals surface area contributed by atoms with E-state index in [0.717, 1.165) is 56.1 Å². The van der Waals surface area contributed by atoms with E-state index in [9.17, 15) is 13.2 Å². The highest BCUT2D eigenvalue weighted by atomic mass is 32.2. The molecule has 0 saturated carbocycles. The Morgan fingerprint density at radius 2 is 1.68 bits per heavy atom. The van der Waals surface area contributed by atoms with Crippen LogP contribution in [-0.2, 0) is 21.4 Å². The zero-order valence-corrected chi connectivity index (χ0v) is 20.7. The molecule has 0 radical (unpaired) electrons. The second-order valence-electron chi connectivity index (χ2n) is 8.81. The number of rotatable bonds is 7. The molecule has 0 atom stereocenters. The highest BCUT2D eigenvalue weighted by Gasteiger charge is 2.27. The van der Waals surface area contributed by atoms with Crippen molar-refractivity contribution in [2.75, 3.05) is 51.1 Å². The van der Waals surface area contributed by atoms with Crippen molar-refractivity contribution in [2.24, 2.45) is 0 Å². The Morgan fingerprint density at radius 1 is 0.941 bits per heavy atom. The number of carbonyl (C=O) groups is 1. The Labute approximate surface area is 204 Å². The number of carbonyl (C=O) groups excluding carboxylic acids is 1. The van der Waals surface area contributed by atoms with E-state index in [2.05, 4.69) is 21.2 Å². The molecule has 2 saturated heterocycles. The molecule has 0 bridgehead atoms. The second-order valence-corrected chi connectivity index (χ2v) is 11.9. The van der Waals surface area contributed by atoms with Gasteiger partial charge in [-0.25, -0.2) is 13.4 Å². The molecule has 2 aliphatic heterocycles. The summed E-state index contributed by atoms with van der Waals surface area (Å²) >= 11 is 1.74. The molecule has 34 heavy (non-hydrogen) atoms. The monoisotopic (exact) mass is 499 g/mol. The van der Waals surface area contributed by atoms with Crippen LogP contribution in [0, 0.1) is 0 Å². The van der Waals surface area contributed by atoms with Crippen LogP contribution < -0.4 is 5.32 Å². The van der Waals surface area contributed by atoms with E-state index in [0.29, 0.717) is 18.8 Å². The van der Waals surface area contributed by atoms with E-state index < -0.39 is 10.0 Å². The van der Waals surface area contributed by atoms with Gasteiger partial charge in [-0.15, -0.1) is 11.3 Å². The predicted octanol–water partition coefficient (Wildman–Crippen LogP) is 2.84. The molecule has 1 amide bonds. The molecular weight excluding hydrogens is 470 g/mol. The smallest absolute Gasteiger partial charge is 0.243 e. The molecular formula is C24H29N5O3S2. The van der Waals surface area contributed by atoms with E-state index in [1.54, 1.807) is 35.6 Å². The van der Waals surface area contributed by atoms with E-state index in [-0.39, 0.29) is 17.3 Å². The van der Waals surface area contributed by atoms with Crippen molar-refractivity contribution in [3.8, 4) is 0 Å². The van der Waals surface area contributed by atoms with Crippen molar-refractivity contribution in [2.45, 2.75) is 24.3 Å². The number of hydrogen-bond acceptors (Lipinski definition) is 7. The number of piperazine rings is 1. The fourth-order valence-electron chi connectivity index (χ4n) is 4.50. The number of amides is 1. The molecule has 8 nitrogen and oxygen atoms in total. The fraction of sp³-hybridized carbons (Fsp3) is 0.417. The van der Waals surface area contributed by atoms with Gasteiger partial charge in [-0.05, 0) is 43.2 Å². The summed E-state index contributed by atoms with van der Waals surface area (Å²) in [4.78, 5) is 22.1. The molecule has 3 aromatic rings. The predicted molar refractivity (Wildman–Crippen MR) is 134 cm³/mol. The zero-order chi connectivity index (χ0) is 23.5. The fourth-order valence-corrected chi connectivity index (χ4v) is 7.07. The SMILES string of the molecule is O=C(CN1CCN(Cc2nc3ccccc3s2)CC1)Nc1cccc(S(=O)(=O)N2CCCC2)c1. The molecule has 0 unspecified atom stereocenters. The molecule has 1 N–H and O–H groups in total. The molecule has 3 heterocycles. The summed E-state index contributed by atoms with van der Waals surface area (Å²) in [6.07, 6.45) is 1.78. The lowest BCUT2D eigenvalue weighted by molar-refractivity contribution is -0.117. The van der Waals surface area contributed by atoms with Gasteiger partial charge in [0, 0.05) is 45.0 Å². The summed E-state index contributed by atoms with van der Waals surface area (Å²) in [6, 6.07) is 14.8. The molecule has 2 fully saturated rings. The molecule has 1 aromatic heterocycles. The van der Waals surface area contributed by atoms with Gasteiger partial charge in [0.2, 0.25) is 15.9 Å².